The Bertz CT molecular complexity index is 746. The maximum Gasteiger partial charge on any atom is 0.303 e. The van der Waals surface area contributed by atoms with Crippen molar-refractivity contribution in [3.05, 3.63) is 77.5 Å². The van der Waals surface area contributed by atoms with Crippen LogP contribution in [0.25, 0.3) is 5.70 Å². The number of rotatable bonds is 4. The maximum atomic E-state index is 11.6. The summed E-state index contributed by atoms with van der Waals surface area (Å²) in [7, 11) is 1.72. The Kier molecular flexibility index (Phi) is 11.3. The third-order valence-electron chi connectivity index (χ3n) is 3.97. The lowest BCUT2D eigenvalue weighted by Crippen LogP contribution is -2.30. The van der Waals surface area contributed by atoms with Gasteiger partial charge in [0.2, 0.25) is 0 Å². The van der Waals surface area contributed by atoms with E-state index >= 15 is 0 Å². The summed E-state index contributed by atoms with van der Waals surface area (Å²) in [5.41, 5.74) is 10.9. The number of carbonyl (C=O) groups is 1. The third-order valence-corrected chi connectivity index (χ3v) is 3.97. The molecule has 5 heteroatoms. The molecule has 0 aliphatic heterocycles. The number of nitrogens with two attached hydrogens (primary N) is 2. The Morgan fingerprint density at radius 1 is 1.18 bits per heavy atom. The first kappa shape index (κ1) is 25.2. The molecule has 0 radical (unpaired) electrons. The quantitative estimate of drug-likeness (QED) is 0.440. The van der Waals surface area contributed by atoms with Crippen LogP contribution < -0.4 is 11.6 Å². The van der Waals surface area contributed by atoms with Gasteiger partial charge in [-0.1, -0.05) is 77.3 Å². The molecule has 28 heavy (non-hydrogen) atoms. The smallest absolute Gasteiger partial charge is 0.303 e. The fourth-order valence-electron chi connectivity index (χ4n) is 2.97. The van der Waals surface area contributed by atoms with Gasteiger partial charge in [0, 0.05) is 37.1 Å². The van der Waals surface area contributed by atoms with Gasteiger partial charge in [0.15, 0.2) is 0 Å². The summed E-state index contributed by atoms with van der Waals surface area (Å²) in [6, 6.07) is 7.58. The van der Waals surface area contributed by atoms with Gasteiger partial charge in [0.1, 0.15) is 6.10 Å². The lowest BCUT2D eigenvalue weighted by molar-refractivity contribution is -0.146. The van der Waals surface area contributed by atoms with Crippen LogP contribution in [0, 0.1) is 0 Å². The first-order chi connectivity index (χ1) is 13.4. The van der Waals surface area contributed by atoms with Crippen LogP contribution in [0.2, 0.25) is 0 Å². The third kappa shape index (κ3) is 5.86. The first-order valence-electron chi connectivity index (χ1n) is 9.63. The number of likely N-dealkylation sites (N-methyl/N-ethyl adjacent to an activating group) is 1. The zero-order valence-electron chi connectivity index (χ0n) is 18.1. The number of allylic oxidation sites excluding steroid dienone is 2. The normalized spacial score (nSPS) is 20.6. The zero-order chi connectivity index (χ0) is 21.9. The molecule has 0 bridgehead atoms. The molecule has 0 saturated heterocycles. The number of fused-ring (bicyclic) bond motifs is 1. The van der Waals surface area contributed by atoms with Crippen molar-refractivity contribution in [3.8, 4) is 0 Å². The van der Waals surface area contributed by atoms with Crippen molar-refractivity contribution >= 4 is 11.7 Å². The van der Waals surface area contributed by atoms with Crippen molar-refractivity contribution in [2.45, 2.75) is 47.1 Å². The Morgan fingerprint density at radius 2 is 1.75 bits per heavy atom. The largest absolute Gasteiger partial charge is 0.457 e. The molecule has 5 nitrogen and oxygen atoms in total. The van der Waals surface area contributed by atoms with Crippen molar-refractivity contribution in [1.82, 2.24) is 5.01 Å². The highest BCUT2D eigenvalue weighted by Crippen LogP contribution is 2.38. The summed E-state index contributed by atoms with van der Waals surface area (Å²) in [4.78, 5) is 11.6. The van der Waals surface area contributed by atoms with Crippen LogP contribution in [0.1, 0.15) is 58.3 Å². The Labute approximate surface area is 170 Å². The minimum Gasteiger partial charge on any atom is -0.457 e. The van der Waals surface area contributed by atoms with E-state index in [1.165, 1.54) is 11.9 Å². The molecule has 1 aliphatic rings. The number of esters is 1. The topological polar surface area (TPSA) is 81.6 Å². The molecule has 1 unspecified atom stereocenters. The first-order valence-corrected chi connectivity index (χ1v) is 9.63. The van der Waals surface area contributed by atoms with Crippen LogP contribution in [-0.2, 0) is 9.53 Å². The minimum absolute atomic E-state index is 0.349. The molecule has 0 spiro atoms. The van der Waals surface area contributed by atoms with Gasteiger partial charge in [-0.05, 0) is 5.57 Å². The fraction of sp³-hybridized carbons (Fsp3) is 0.348. The van der Waals surface area contributed by atoms with Crippen molar-refractivity contribution in [2.75, 3.05) is 7.05 Å². The molecule has 4 N–H and O–H groups in total. The van der Waals surface area contributed by atoms with E-state index in [2.05, 4.69) is 13.2 Å². The van der Waals surface area contributed by atoms with Crippen LogP contribution in [0.4, 0.5) is 0 Å². The van der Waals surface area contributed by atoms with Gasteiger partial charge in [-0.2, -0.15) is 0 Å². The van der Waals surface area contributed by atoms with E-state index in [0.29, 0.717) is 17.8 Å². The monoisotopic (exact) mass is 385 g/mol. The summed E-state index contributed by atoms with van der Waals surface area (Å²) in [6.07, 6.45) is 3.43. The predicted molar refractivity (Wildman–Crippen MR) is 119 cm³/mol. The molecule has 1 aromatic rings. The fourth-order valence-corrected chi connectivity index (χ4v) is 2.97. The Hall–Kier alpha value is -2.79. The highest BCUT2D eigenvalue weighted by molar-refractivity contribution is 5.75. The van der Waals surface area contributed by atoms with E-state index in [9.17, 15) is 4.79 Å². The molecule has 0 fully saturated rings. The van der Waals surface area contributed by atoms with Gasteiger partial charge in [0.25, 0.3) is 0 Å². The second kappa shape index (κ2) is 12.6. The number of ether oxygens (including phenoxy) is 1. The summed E-state index contributed by atoms with van der Waals surface area (Å²) in [6.45, 7) is 17.1. The van der Waals surface area contributed by atoms with E-state index in [0.717, 1.165) is 22.3 Å². The second-order valence-corrected chi connectivity index (χ2v) is 5.61. The van der Waals surface area contributed by atoms with E-state index in [1.807, 2.05) is 52.0 Å². The van der Waals surface area contributed by atoms with Gasteiger partial charge in [-0.3, -0.25) is 4.79 Å². The standard InChI is InChI=1S/C19H23N3O2.2C2H6/c1-5-13-11-17(24-12(3)23)15-9-7-8-10-16(15)18(20)19(22(4)21)14(13)6-2;2*1-2/h5-10,17H,1-2,11,20-21H2,3-4H3;2*1-2H3/b14-13-,19-18-;;. The van der Waals surface area contributed by atoms with Crippen LogP contribution in [0.3, 0.4) is 0 Å². The lowest BCUT2D eigenvalue weighted by Gasteiger charge is -2.29. The number of benzene rings is 1. The summed E-state index contributed by atoms with van der Waals surface area (Å²) in [5, 5.41) is 1.47. The van der Waals surface area contributed by atoms with Crippen LogP contribution in [-0.4, -0.2) is 18.0 Å². The summed E-state index contributed by atoms with van der Waals surface area (Å²) >= 11 is 0. The molecule has 1 aromatic carbocycles. The molecule has 154 valence electrons. The highest BCUT2D eigenvalue weighted by Gasteiger charge is 2.27. The number of hydrazine groups is 1. The Morgan fingerprint density at radius 3 is 2.21 bits per heavy atom. The molecule has 0 heterocycles. The van der Waals surface area contributed by atoms with E-state index in [4.69, 9.17) is 16.3 Å². The predicted octanol–water partition coefficient (Wildman–Crippen LogP) is 4.85. The zero-order valence-corrected chi connectivity index (χ0v) is 18.1. The Balaban J connectivity index is 0.00000171. The molecular formula is C23H35N3O2. The van der Waals surface area contributed by atoms with E-state index < -0.39 is 6.10 Å². The van der Waals surface area contributed by atoms with Gasteiger partial charge in [-0.15, -0.1) is 0 Å². The lowest BCUT2D eigenvalue weighted by atomic mass is 9.87. The molecule has 0 aromatic heterocycles. The van der Waals surface area contributed by atoms with Gasteiger partial charge < -0.3 is 15.5 Å². The molecular weight excluding hydrogens is 350 g/mol. The molecule has 0 amide bonds. The average molecular weight is 386 g/mol. The maximum absolute atomic E-state index is 11.6. The van der Waals surface area contributed by atoms with Crippen molar-refractivity contribution in [2.24, 2.45) is 11.6 Å². The van der Waals surface area contributed by atoms with E-state index in [-0.39, 0.29) is 5.97 Å². The van der Waals surface area contributed by atoms with Crippen LogP contribution >= 0.6 is 0 Å². The minimum atomic E-state index is -0.454. The van der Waals surface area contributed by atoms with Gasteiger partial charge >= 0.3 is 5.97 Å². The number of nitrogens with zero attached hydrogens (tertiary/aromatic N) is 1. The number of hydrogen-bond acceptors (Lipinski definition) is 5. The SMILES string of the molecule is C=C/C1=C(C=C)/C(N(C)N)=C(/N)c2ccccc2C(OC(C)=O)C1.CC.CC. The second-order valence-electron chi connectivity index (χ2n) is 5.61. The van der Waals surface area contributed by atoms with Crippen molar-refractivity contribution in [3.63, 3.8) is 0 Å². The van der Waals surface area contributed by atoms with Crippen molar-refractivity contribution in [1.29, 1.82) is 0 Å². The molecule has 1 atom stereocenters. The van der Waals surface area contributed by atoms with Crippen LogP contribution in [0.5, 0.6) is 0 Å². The van der Waals surface area contributed by atoms with Crippen molar-refractivity contribution < 1.29 is 9.53 Å². The summed E-state index contributed by atoms with van der Waals surface area (Å²) in [5.74, 6) is 5.68. The number of carbonyl (C=O) groups excluding carboxylic acids is 1. The highest BCUT2D eigenvalue weighted by atomic mass is 16.5. The van der Waals surface area contributed by atoms with Gasteiger partial charge in [-0.25, -0.2) is 5.84 Å². The molecule has 0 saturated carbocycles. The van der Waals surface area contributed by atoms with Gasteiger partial charge in [0.05, 0.1) is 11.4 Å². The summed E-state index contributed by atoms with van der Waals surface area (Å²) < 4.78 is 5.54. The van der Waals surface area contributed by atoms with Crippen LogP contribution in [0.15, 0.2) is 66.4 Å². The average Bonchev–Trinajstić information content (AvgIpc) is 2.70. The number of hydrogen-bond donors (Lipinski definition) is 2. The van der Waals surface area contributed by atoms with E-state index in [1.54, 1.807) is 19.2 Å². The molecule has 1 aliphatic carbocycles. The molecule has 2 rings (SSSR count).